The molecule has 17 aromatic carbocycles. The third-order valence-corrected chi connectivity index (χ3v) is 23.6. The third kappa shape index (κ3) is 10.5. The summed E-state index contributed by atoms with van der Waals surface area (Å²) in [6.07, 6.45) is 0. The zero-order chi connectivity index (χ0) is 78.2. The molecule has 0 amide bonds. The summed E-state index contributed by atoms with van der Waals surface area (Å²) in [5.41, 5.74) is 22.8. The number of hydrogen-bond acceptors (Lipinski definition) is 6. The largest absolute Gasteiger partial charge is 0.416 e. The van der Waals surface area contributed by atoms with Crippen LogP contribution in [0.5, 0.6) is 0 Å². The van der Waals surface area contributed by atoms with E-state index in [1.54, 1.807) is 0 Å². The molecule has 13 heteroatoms. The Morgan fingerprint density at radius 1 is 0.218 bits per heavy atom. The molecule has 0 spiro atoms. The van der Waals surface area contributed by atoms with Crippen molar-refractivity contribution in [2.75, 3.05) is 0 Å². The van der Waals surface area contributed by atoms with Crippen LogP contribution in [0, 0.1) is 0 Å². The second-order valence-corrected chi connectivity index (χ2v) is 30.2. The van der Waals surface area contributed by atoms with Crippen molar-refractivity contribution >= 4 is 98.0 Å². The van der Waals surface area contributed by atoms with Crippen LogP contribution in [0.1, 0.15) is 0 Å². The fourth-order valence-electron chi connectivity index (χ4n) is 18.5. The number of benzene rings is 17. The maximum absolute atomic E-state index is 6.60. The molecule has 0 unspecified atom stereocenters. The van der Waals surface area contributed by atoms with Gasteiger partial charge in [-0.1, -0.05) is 253 Å². The zero-order valence-electron chi connectivity index (χ0n) is 64.0. The Balaban J connectivity index is 0.766. The number of para-hydroxylation sites is 7. The molecule has 0 N–H and O–H groups in total. The first-order chi connectivity index (χ1) is 59.1. The first-order valence-corrected chi connectivity index (χ1v) is 40.1. The third-order valence-electron chi connectivity index (χ3n) is 23.6. The minimum Gasteiger partial charge on any atom is -0.416 e. The molecule has 0 atom stereocenters. The smallest absolute Gasteiger partial charge is 0.322 e. The van der Waals surface area contributed by atoms with Gasteiger partial charge >= 0.3 is 5.82 Å². The molecule has 7 aromatic heterocycles. The number of rotatable bonds is 14. The van der Waals surface area contributed by atoms with Gasteiger partial charge in [0.1, 0.15) is 5.69 Å². The van der Waals surface area contributed by atoms with Gasteiger partial charge in [0.2, 0.25) is 11.8 Å². The Bertz CT molecular complexity index is 8120. The first-order valence-electron chi connectivity index (χ1n) is 40.1. The van der Waals surface area contributed by atoms with Crippen molar-refractivity contribution in [3.63, 3.8) is 0 Å². The van der Waals surface area contributed by atoms with E-state index in [4.69, 9.17) is 24.8 Å². The zero-order valence-corrected chi connectivity index (χ0v) is 64.0. The van der Waals surface area contributed by atoms with Crippen molar-refractivity contribution < 1.29 is 9.10 Å². The van der Waals surface area contributed by atoms with E-state index in [2.05, 4.69) is 383 Å². The molecule has 0 saturated heterocycles. The lowest BCUT2D eigenvalue weighted by Gasteiger charge is -2.17. The number of fused-ring (bicyclic) bond motifs is 15. The Kier molecular flexibility index (Phi) is 15.3. The topological polar surface area (TPSA) is 111 Å². The molecule has 0 saturated carbocycles. The molecule has 13 nitrogen and oxygen atoms in total. The quantitative estimate of drug-likeness (QED) is 0.100. The molecule has 24 rings (SSSR count). The molecule has 0 aliphatic carbocycles. The van der Waals surface area contributed by atoms with Gasteiger partial charge in [-0.05, 0) is 179 Å². The highest BCUT2D eigenvalue weighted by atomic mass is 16.4. The molecule has 119 heavy (non-hydrogen) atoms. The molecule has 0 aliphatic rings. The molecule has 0 aliphatic heterocycles. The van der Waals surface area contributed by atoms with Crippen molar-refractivity contribution in [1.82, 2.24) is 52.9 Å². The summed E-state index contributed by atoms with van der Waals surface area (Å²) in [7, 11) is 0. The van der Waals surface area contributed by atoms with Gasteiger partial charge in [-0.15, -0.1) is 20.4 Å². The highest BCUT2D eigenvalue weighted by Crippen LogP contribution is 2.49. The number of hydrogen-bond donors (Lipinski definition) is 0. The van der Waals surface area contributed by atoms with Gasteiger partial charge in [-0.2, -0.15) is 4.57 Å². The van der Waals surface area contributed by atoms with Gasteiger partial charge in [0, 0.05) is 99.3 Å². The van der Waals surface area contributed by atoms with Crippen LogP contribution in [0.2, 0.25) is 0 Å². The van der Waals surface area contributed by atoms with Gasteiger partial charge in [-0.3, -0.25) is 4.57 Å². The Morgan fingerprint density at radius 3 is 1.14 bits per heavy atom. The molecular weight excluding hydrogens is 1460 g/mol. The molecule has 24 aromatic rings. The van der Waals surface area contributed by atoms with Crippen LogP contribution in [0.25, 0.3) is 217 Å². The Hall–Kier alpha value is -16.4. The van der Waals surface area contributed by atoms with Gasteiger partial charge in [0.25, 0.3) is 5.82 Å². The summed E-state index contributed by atoms with van der Waals surface area (Å²) in [4.78, 5) is 0. The van der Waals surface area contributed by atoms with Crippen molar-refractivity contribution in [1.29, 1.82) is 0 Å². The maximum atomic E-state index is 6.60. The van der Waals surface area contributed by atoms with E-state index in [-0.39, 0.29) is 0 Å². The van der Waals surface area contributed by atoms with Crippen LogP contribution in [0.3, 0.4) is 0 Å². The molecule has 0 bridgehead atoms. The van der Waals surface area contributed by atoms with Gasteiger partial charge in [0.15, 0.2) is 17.3 Å². The van der Waals surface area contributed by atoms with Gasteiger partial charge < -0.3 is 22.7 Å². The highest BCUT2D eigenvalue weighted by molar-refractivity contribution is 6.27. The SMILES string of the molecule is c1ccc(-c2nnc(-c3ccc(-c4nnc(-c5ccccc5)n4-c4ccccc4)c(-c4ccc(-n5c(-c6ccccc6)n[n+](-c6cc7c8ccccc8n(-c8ccccc8)c7c7c6c6ccccc6n7-c6ccc(-n7c8ccccc8c8ccc9c%10ccccc%10n(-c%10ccccc%10)c9c87)cc6)c5-c5ccccc5)c5ccccc45)c3)o2)cc1. The number of nitrogens with zero attached hydrogens (tertiary/aromatic N) is 12. The van der Waals surface area contributed by atoms with Crippen LogP contribution >= 0.6 is 0 Å². The lowest BCUT2D eigenvalue weighted by atomic mass is 9.91. The monoisotopic (exact) mass is 1520 g/mol. The average Bonchev–Trinajstić information content (AvgIpc) is 1.55. The molecular formula is C106H67N12O+. The van der Waals surface area contributed by atoms with Crippen molar-refractivity contribution in [3.05, 3.63) is 406 Å². The van der Waals surface area contributed by atoms with E-state index in [0.29, 0.717) is 23.4 Å². The maximum Gasteiger partial charge on any atom is 0.322 e. The molecule has 556 valence electrons. The van der Waals surface area contributed by atoms with E-state index in [9.17, 15) is 0 Å². The first kappa shape index (κ1) is 67.2. The highest BCUT2D eigenvalue weighted by Gasteiger charge is 2.37. The predicted octanol–water partition coefficient (Wildman–Crippen LogP) is 25.3. The average molecular weight is 1520 g/mol. The van der Waals surface area contributed by atoms with E-state index >= 15 is 0 Å². The number of aromatic nitrogens is 12. The van der Waals surface area contributed by atoms with Crippen LogP contribution in [0.4, 0.5) is 0 Å². The van der Waals surface area contributed by atoms with E-state index in [1.807, 2.05) is 60.7 Å². The summed E-state index contributed by atoms with van der Waals surface area (Å²) < 4.78 is 23.3. The summed E-state index contributed by atoms with van der Waals surface area (Å²) >= 11 is 0. The van der Waals surface area contributed by atoms with Crippen molar-refractivity contribution in [2.24, 2.45) is 0 Å². The van der Waals surface area contributed by atoms with Gasteiger partial charge in [0.05, 0.1) is 55.1 Å². The molecule has 0 fully saturated rings. The normalized spacial score (nSPS) is 11.9. The lowest BCUT2D eigenvalue weighted by Crippen LogP contribution is -2.36. The van der Waals surface area contributed by atoms with E-state index in [0.717, 1.165) is 172 Å². The summed E-state index contributed by atoms with van der Waals surface area (Å²) in [6, 6.07) is 145. The van der Waals surface area contributed by atoms with E-state index < -0.39 is 0 Å². The minimum absolute atomic E-state index is 0.384. The van der Waals surface area contributed by atoms with Crippen LogP contribution in [-0.4, -0.2) is 52.9 Å². The lowest BCUT2D eigenvalue weighted by molar-refractivity contribution is -0.643. The standard InChI is InChI=1S/C106H67N12O/c1-8-32-68(33-9-1)101-107-108-103(116(101)75-44-20-7-21-45-75)86-61-56-72(105-110-109-104(119-105)70-36-12-3-13-37-70)66-88(86)79-64-65-94(80-47-23-22-46-78(79)80)117-102(69-34-10-2-11-35-69)111-118(106(117)71-38-14-4-15-39-71)95-67-89-83-50-26-30-54-92(83)113(74-42-18-6-19-43-74)99(89)100-96(95)87-51-27-31-55-93(87)115(100)77-59-57-76(58-60-77)114-91-53-29-25-49-82(91)85-63-62-84-81-48-24-28-52-90(81)112(97(84)98(85)114)73-40-16-5-17-41-73/h1-67H/q+1. The fraction of sp³-hybridized carbons (Fsp3) is 0. The summed E-state index contributed by atoms with van der Waals surface area (Å²) in [6.45, 7) is 0. The van der Waals surface area contributed by atoms with Crippen LogP contribution in [-0.2, 0) is 0 Å². The fourth-order valence-corrected chi connectivity index (χ4v) is 18.5. The van der Waals surface area contributed by atoms with E-state index in [1.165, 1.54) is 21.5 Å². The van der Waals surface area contributed by atoms with Gasteiger partial charge in [-0.25, -0.2) is 0 Å². The molecule has 0 radical (unpaired) electrons. The summed E-state index contributed by atoms with van der Waals surface area (Å²) in [5, 5.41) is 36.6. The Morgan fingerprint density at radius 2 is 0.605 bits per heavy atom. The Labute approximate surface area is 681 Å². The van der Waals surface area contributed by atoms with Crippen molar-refractivity contribution in [2.45, 2.75) is 0 Å². The van der Waals surface area contributed by atoms with Crippen LogP contribution < -0.4 is 4.68 Å². The second-order valence-electron chi connectivity index (χ2n) is 30.2. The molecule has 7 heterocycles. The van der Waals surface area contributed by atoms with Crippen LogP contribution in [0.15, 0.2) is 411 Å². The second kappa shape index (κ2) is 27.2. The predicted molar refractivity (Wildman–Crippen MR) is 481 cm³/mol. The summed E-state index contributed by atoms with van der Waals surface area (Å²) in [5.74, 6) is 3.77. The minimum atomic E-state index is 0.384. The van der Waals surface area contributed by atoms with Crippen molar-refractivity contribution in [3.8, 4) is 119 Å².